The fraction of sp³-hybridized carbons (Fsp3) is 0.600. The minimum Gasteiger partial charge on any atom is -0.274 e. The molecule has 2 atom stereocenters. The molecular formula is C20H27Br2NO2. The van der Waals surface area contributed by atoms with Crippen molar-refractivity contribution < 1.29 is 9.59 Å². The van der Waals surface area contributed by atoms with E-state index in [9.17, 15) is 9.59 Å². The number of rotatable bonds is 11. The van der Waals surface area contributed by atoms with E-state index in [1.807, 2.05) is 0 Å². The zero-order chi connectivity index (χ0) is 18.2. The first kappa shape index (κ1) is 20.6. The Hall–Kier alpha value is -0.680. The number of alkyl halides is 2. The van der Waals surface area contributed by atoms with Crippen molar-refractivity contribution in [1.29, 1.82) is 0 Å². The van der Waals surface area contributed by atoms with Gasteiger partial charge in [0.15, 0.2) is 0 Å². The molecule has 1 aliphatic rings. The summed E-state index contributed by atoms with van der Waals surface area (Å²) in [5.74, 6) is -0.300. The molecule has 1 aliphatic heterocycles. The molecule has 2 rings (SSSR count). The van der Waals surface area contributed by atoms with E-state index in [-0.39, 0.29) is 11.8 Å². The van der Waals surface area contributed by atoms with Crippen LogP contribution in [0.2, 0.25) is 0 Å². The Morgan fingerprint density at radius 1 is 0.840 bits per heavy atom. The number of nitrogens with zero attached hydrogens (tertiary/aromatic N) is 1. The number of unbranched alkanes of at least 4 members (excludes halogenated alkanes) is 2. The van der Waals surface area contributed by atoms with Crippen molar-refractivity contribution in [3.8, 4) is 0 Å². The number of carbonyl (C=O) groups excluding carboxylic acids is 2. The second kappa shape index (κ2) is 10.5. The molecule has 0 saturated carbocycles. The van der Waals surface area contributed by atoms with Crippen LogP contribution in [0.5, 0.6) is 0 Å². The maximum Gasteiger partial charge on any atom is 0.261 e. The van der Waals surface area contributed by atoms with Gasteiger partial charge in [0.2, 0.25) is 0 Å². The monoisotopic (exact) mass is 471 g/mol. The van der Waals surface area contributed by atoms with Crippen LogP contribution in [0.3, 0.4) is 0 Å². The molecule has 5 heteroatoms. The summed E-state index contributed by atoms with van der Waals surface area (Å²) in [6.45, 7) is 2.73. The predicted octanol–water partition coefficient (Wildman–Crippen LogP) is 5.95. The Morgan fingerprint density at radius 3 is 1.88 bits per heavy atom. The van der Waals surface area contributed by atoms with E-state index in [1.54, 1.807) is 24.3 Å². The first-order valence-corrected chi connectivity index (χ1v) is 11.1. The third-order valence-corrected chi connectivity index (χ3v) is 6.52. The molecule has 0 radical (unpaired) electrons. The van der Waals surface area contributed by atoms with Crippen LogP contribution in [0, 0.1) is 0 Å². The second-order valence-electron chi connectivity index (χ2n) is 6.72. The van der Waals surface area contributed by atoms with E-state index in [2.05, 4.69) is 38.8 Å². The number of benzene rings is 1. The zero-order valence-corrected chi connectivity index (χ0v) is 18.0. The van der Waals surface area contributed by atoms with Gasteiger partial charge in [0.25, 0.3) is 11.8 Å². The van der Waals surface area contributed by atoms with Crippen LogP contribution in [-0.4, -0.2) is 32.9 Å². The van der Waals surface area contributed by atoms with Gasteiger partial charge in [-0.1, -0.05) is 70.2 Å². The smallest absolute Gasteiger partial charge is 0.261 e. The van der Waals surface area contributed by atoms with E-state index in [1.165, 1.54) is 30.6 Å². The van der Waals surface area contributed by atoms with Crippen molar-refractivity contribution in [3.05, 3.63) is 35.4 Å². The third kappa shape index (κ3) is 5.92. The predicted molar refractivity (Wildman–Crippen MR) is 110 cm³/mol. The molecule has 138 valence electrons. The quantitative estimate of drug-likeness (QED) is 0.226. The van der Waals surface area contributed by atoms with Gasteiger partial charge in [0.05, 0.1) is 11.1 Å². The van der Waals surface area contributed by atoms with Gasteiger partial charge in [-0.2, -0.15) is 0 Å². The Bertz CT molecular complexity index is 556. The Labute approximate surface area is 167 Å². The highest BCUT2D eigenvalue weighted by Crippen LogP contribution is 2.25. The molecule has 0 aliphatic carbocycles. The highest BCUT2D eigenvalue weighted by molar-refractivity contribution is 9.09. The molecular weight excluding hydrogens is 446 g/mol. The Kier molecular flexibility index (Phi) is 8.63. The summed E-state index contributed by atoms with van der Waals surface area (Å²) < 4.78 is 0. The summed E-state index contributed by atoms with van der Waals surface area (Å²) >= 11 is 7.52. The molecule has 25 heavy (non-hydrogen) atoms. The highest BCUT2D eigenvalue weighted by Gasteiger charge is 2.34. The first-order valence-electron chi connectivity index (χ1n) is 9.28. The molecule has 1 aromatic rings. The highest BCUT2D eigenvalue weighted by atomic mass is 79.9. The Morgan fingerprint density at radius 2 is 1.36 bits per heavy atom. The number of amides is 2. The van der Waals surface area contributed by atoms with Crippen molar-refractivity contribution >= 4 is 43.7 Å². The number of fused-ring (bicyclic) bond motifs is 1. The van der Waals surface area contributed by atoms with Crippen molar-refractivity contribution in [3.63, 3.8) is 0 Å². The van der Waals surface area contributed by atoms with Crippen LogP contribution in [0.1, 0.15) is 79.0 Å². The molecule has 1 aromatic carbocycles. The first-order chi connectivity index (χ1) is 12.0. The molecule has 0 saturated heterocycles. The van der Waals surface area contributed by atoms with Crippen LogP contribution in [-0.2, 0) is 0 Å². The van der Waals surface area contributed by atoms with Crippen molar-refractivity contribution in [2.45, 2.75) is 67.9 Å². The van der Waals surface area contributed by atoms with Gasteiger partial charge in [-0.05, 0) is 44.2 Å². The average Bonchev–Trinajstić information content (AvgIpc) is 2.85. The molecule has 0 aromatic heterocycles. The lowest BCUT2D eigenvalue weighted by Crippen LogP contribution is -2.31. The summed E-state index contributed by atoms with van der Waals surface area (Å²) in [5, 5.41) is 0. The summed E-state index contributed by atoms with van der Waals surface area (Å²) in [4.78, 5) is 27.0. The molecule has 0 fully saturated rings. The van der Waals surface area contributed by atoms with Crippen molar-refractivity contribution in [1.82, 2.24) is 4.90 Å². The van der Waals surface area contributed by atoms with Crippen LogP contribution in [0.25, 0.3) is 0 Å². The number of hydrogen-bond donors (Lipinski definition) is 0. The average molecular weight is 473 g/mol. The molecule has 3 nitrogen and oxygen atoms in total. The molecule has 1 heterocycles. The largest absolute Gasteiger partial charge is 0.274 e. The van der Waals surface area contributed by atoms with E-state index in [0.717, 1.165) is 25.7 Å². The second-order valence-corrected chi connectivity index (χ2v) is 9.31. The fourth-order valence-corrected chi connectivity index (χ4v) is 4.36. The molecule has 2 unspecified atom stereocenters. The molecule has 2 amide bonds. The Balaban J connectivity index is 1.67. The minimum absolute atomic E-state index is 0.150. The summed E-state index contributed by atoms with van der Waals surface area (Å²) in [6, 6.07) is 7.08. The minimum atomic E-state index is -0.150. The van der Waals surface area contributed by atoms with Crippen molar-refractivity contribution in [2.75, 3.05) is 6.54 Å². The molecule has 0 bridgehead atoms. The van der Waals surface area contributed by atoms with Gasteiger partial charge in [-0.3, -0.25) is 14.5 Å². The van der Waals surface area contributed by atoms with Gasteiger partial charge in [-0.15, -0.1) is 0 Å². The standard InChI is InChI=1S/C20H27Br2NO2/c1-2-3-4-8-15(21)12-13-16(22)9-7-14-23-19(24)17-10-5-6-11-18(17)20(23)25/h5-6,10-11,15-16H,2-4,7-9,12-14H2,1H3. The van der Waals surface area contributed by atoms with Gasteiger partial charge < -0.3 is 0 Å². The van der Waals surface area contributed by atoms with Crippen LogP contribution < -0.4 is 0 Å². The van der Waals surface area contributed by atoms with Gasteiger partial charge in [0, 0.05) is 16.2 Å². The van der Waals surface area contributed by atoms with Gasteiger partial charge >= 0.3 is 0 Å². The topological polar surface area (TPSA) is 37.4 Å². The lowest BCUT2D eigenvalue weighted by atomic mass is 10.1. The summed E-state index contributed by atoms with van der Waals surface area (Å²) in [5.41, 5.74) is 1.08. The van der Waals surface area contributed by atoms with Crippen LogP contribution in [0.15, 0.2) is 24.3 Å². The van der Waals surface area contributed by atoms with E-state index < -0.39 is 0 Å². The van der Waals surface area contributed by atoms with Crippen molar-refractivity contribution in [2.24, 2.45) is 0 Å². The SMILES string of the molecule is CCCCCC(Br)CCC(Br)CCCN1C(=O)c2ccccc2C1=O. The van der Waals surface area contributed by atoms with Crippen LogP contribution >= 0.6 is 31.9 Å². The third-order valence-electron chi connectivity index (χ3n) is 4.69. The number of carbonyl (C=O) groups is 2. The van der Waals surface area contributed by atoms with Gasteiger partial charge in [0.1, 0.15) is 0 Å². The number of hydrogen-bond acceptors (Lipinski definition) is 2. The van der Waals surface area contributed by atoms with Gasteiger partial charge in [-0.25, -0.2) is 0 Å². The van der Waals surface area contributed by atoms with E-state index in [0.29, 0.717) is 27.3 Å². The van der Waals surface area contributed by atoms with E-state index >= 15 is 0 Å². The van der Waals surface area contributed by atoms with Crippen LogP contribution in [0.4, 0.5) is 0 Å². The molecule has 0 N–H and O–H groups in total. The lowest BCUT2D eigenvalue weighted by molar-refractivity contribution is 0.0651. The van der Waals surface area contributed by atoms with E-state index in [4.69, 9.17) is 0 Å². The maximum atomic E-state index is 12.3. The number of imide groups is 1. The maximum absolute atomic E-state index is 12.3. The molecule has 0 spiro atoms. The number of halogens is 2. The zero-order valence-electron chi connectivity index (χ0n) is 14.8. The normalized spacial score (nSPS) is 16.2. The summed E-state index contributed by atoms with van der Waals surface area (Å²) in [6.07, 6.45) is 9.18. The summed E-state index contributed by atoms with van der Waals surface area (Å²) in [7, 11) is 0. The fourth-order valence-electron chi connectivity index (χ4n) is 3.18. The lowest BCUT2D eigenvalue weighted by Gasteiger charge is -2.16.